The van der Waals surface area contributed by atoms with Gasteiger partial charge in [-0.05, 0) is 36.8 Å². The van der Waals surface area contributed by atoms with E-state index in [1.807, 2.05) is 6.92 Å². The van der Waals surface area contributed by atoms with E-state index < -0.39 is 0 Å². The Morgan fingerprint density at radius 1 is 1.27 bits per heavy atom. The van der Waals surface area contributed by atoms with Gasteiger partial charge in [0.05, 0.1) is 22.3 Å². The van der Waals surface area contributed by atoms with E-state index in [0.29, 0.717) is 34.6 Å². The number of ether oxygens (including phenoxy) is 1. The van der Waals surface area contributed by atoms with Crippen molar-refractivity contribution in [1.82, 2.24) is 14.8 Å². The smallest absolute Gasteiger partial charge is 0.241 e. The normalized spacial score (nSPS) is 12.8. The average Bonchev–Trinajstić information content (AvgIpc) is 3.03. The maximum atomic E-state index is 9.11. The summed E-state index contributed by atoms with van der Waals surface area (Å²) in [5, 5.41) is 14.1. The van der Waals surface area contributed by atoms with E-state index in [0.717, 1.165) is 16.8 Å². The van der Waals surface area contributed by atoms with E-state index in [4.69, 9.17) is 33.2 Å². The molecular formula is C18H11Cl2N5O. The molecule has 128 valence electrons. The fourth-order valence-corrected chi connectivity index (χ4v) is 3.18. The molecule has 1 aliphatic rings. The number of halogens is 2. The van der Waals surface area contributed by atoms with Gasteiger partial charge in [0.2, 0.25) is 5.90 Å². The van der Waals surface area contributed by atoms with Crippen LogP contribution in [0.5, 0.6) is 0 Å². The van der Waals surface area contributed by atoms with Crippen LogP contribution in [0.3, 0.4) is 0 Å². The Kier molecular flexibility index (Phi) is 4.11. The van der Waals surface area contributed by atoms with E-state index in [1.165, 1.54) is 4.68 Å². The molecule has 0 amide bonds. The first-order valence-electron chi connectivity index (χ1n) is 7.69. The minimum Gasteiger partial charge on any atom is -0.471 e. The first kappa shape index (κ1) is 16.6. The summed E-state index contributed by atoms with van der Waals surface area (Å²) < 4.78 is 7.32. The molecule has 8 heteroatoms. The molecule has 0 fully saturated rings. The van der Waals surface area contributed by atoms with E-state index in [9.17, 15) is 0 Å². The van der Waals surface area contributed by atoms with Crippen molar-refractivity contribution >= 4 is 34.8 Å². The third-order valence-electron chi connectivity index (χ3n) is 3.92. The minimum absolute atomic E-state index is 0.273. The summed E-state index contributed by atoms with van der Waals surface area (Å²) in [6, 6.07) is 10.8. The van der Waals surface area contributed by atoms with Gasteiger partial charge in [-0.25, -0.2) is 14.7 Å². The van der Waals surface area contributed by atoms with Crippen LogP contribution in [-0.4, -0.2) is 20.7 Å². The third-order valence-corrected chi connectivity index (χ3v) is 4.40. The number of benzene rings is 1. The number of aliphatic imine (C=N–C) groups is 1. The fraction of sp³-hybridized carbons (Fsp3) is 0.111. The molecule has 3 heterocycles. The number of nitriles is 1. The molecule has 1 aliphatic heterocycles. The average molecular weight is 384 g/mol. The van der Waals surface area contributed by atoms with Gasteiger partial charge in [0.15, 0.2) is 11.0 Å². The Morgan fingerprint density at radius 2 is 2.12 bits per heavy atom. The maximum Gasteiger partial charge on any atom is 0.241 e. The molecule has 4 rings (SSSR count). The molecule has 0 aliphatic carbocycles. The largest absolute Gasteiger partial charge is 0.471 e. The van der Waals surface area contributed by atoms with Crippen LogP contribution in [0.25, 0.3) is 5.82 Å². The van der Waals surface area contributed by atoms with Crippen molar-refractivity contribution in [3.63, 3.8) is 0 Å². The standard InChI is InChI=1S/C18H11Cl2N5O/c1-10-5-11(8-21)6-12-9-26-18(23-16(10)12)14-7-15(20)24-25(14)17-13(19)3-2-4-22-17/h2-7H,9H2,1H3. The summed E-state index contributed by atoms with van der Waals surface area (Å²) in [6.07, 6.45) is 1.62. The number of aryl methyl sites for hydroxylation is 1. The highest BCUT2D eigenvalue weighted by Crippen LogP contribution is 2.32. The highest BCUT2D eigenvalue weighted by atomic mass is 35.5. The second kappa shape index (κ2) is 6.45. The van der Waals surface area contributed by atoms with Crippen LogP contribution in [0.15, 0.2) is 41.5 Å². The van der Waals surface area contributed by atoms with Gasteiger partial charge in [-0.1, -0.05) is 23.2 Å². The maximum absolute atomic E-state index is 9.11. The zero-order valence-electron chi connectivity index (χ0n) is 13.6. The van der Waals surface area contributed by atoms with Crippen molar-refractivity contribution < 1.29 is 4.74 Å². The number of aromatic nitrogens is 3. The monoisotopic (exact) mass is 383 g/mol. The Labute approximate surface area is 159 Å². The lowest BCUT2D eigenvalue weighted by Gasteiger charge is -2.19. The predicted octanol–water partition coefficient (Wildman–Crippen LogP) is 4.36. The number of hydrogen-bond acceptors (Lipinski definition) is 5. The van der Waals surface area contributed by atoms with Gasteiger partial charge in [-0.15, -0.1) is 0 Å². The molecule has 1 aromatic carbocycles. The Balaban J connectivity index is 1.86. The molecule has 0 N–H and O–H groups in total. The van der Waals surface area contributed by atoms with Crippen molar-refractivity contribution in [2.45, 2.75) is 13.5 Å². The molecule has 0 bridgehead atoms. The second-order valence-electron chi connectivity index (χ2n) is 5.69. The van der Waals surface area contributed by atoms with Crippen molar-refractivity contribution in [1.29, 1.82) is 5.26 Å². The van der Waals surface area contributed by atoms with Gasteiger partial charge in [0.1, 0.15) is 12.3 Å². The minimum atomic E-state index is 0.273. The van der Waals surface area contributed by atoms with Crippen LogP contribution in [0, 0.1) is 18.3 Å². The highest BCUT2D eigenvalue weighted by molar-refractivity contribution is 6.32. The number of hydrogen-bond donors (Lipinski definition) is 0. The van der Waals surface area contributed by atoms with E-state index in [1.54, 1.807) is 36.5 Å². The summed E-state index contributed by atoms with van der Waals surface area (Å²) in [7, 11) is 0. The van der Waals surface area contributed by atoms with Gasteiger partial charge in [-0.3, -0.25) is 0 Å². The van der Waals surface area contributed by atoms with Crippen LogP contribution in [0.1, 0.15) is 22.4 Å². The molecule has 0 saturated heterocycles. The number of pyridine rings is 1. The molecule has 0 spiro atoms. The number of nitrogens with zero attached hydrogens (tertiary/aromatic N) is 5. The first-order chi connectivity index (χ1) is 12.6. The first-order valence-corrected chi connectivity index (χ1v) is 8.44. The molecular weight excluding hydrogens is 373 g/mol. The fourth-order valence-electron chi connectivity index (χ4n) is 2.80. The highest BCUT2D eigenvalue weighted by Gasteiger charge is 2.23. The van der Waals surface area contributed by atoms with Gasteiger partial charge >= 0.3 is 0 Å². The topological polar surface area (TPSA) is 76.1 Å². The molecule has 2 aromatic heterocycles. The number of fused-ring (bicyclic) bond motifs is 1. The summed E-state index contributed by atoms with van der Waals surface area (Å²) >= 11 is 12.3. The van der Waals surface area contributed by atoms with Crippen LogP contribution in [-0.2, 0) is 11.3 Å². The Hall–Kier alpha value is -2.88. The zero-order valence-corrected chi connectivity index (χ0v) is 15.1. The van der Waals surface area contributed by atoms with E-state index in [2.05, 4.69) is 21.1 Å². The summed E-state index contributed by atoms with van der Waals surface area (Å²) in [5.74, 6) is 0.802. The van der Waals surface area contributed by atoms with E-state index in [-0.39, 0.29) is 5.15 Å². The Bertz CT molecular complexity index is 1100. The summed E-state index contributed by atoms with van der Waals surface area (Å²) in [6.45, 7) is 2.20. The third kappa shape index (κ3) is 2.81. The Morgan fingerprint density at radius 3 is 2.88 bits per heavy atom. The zero-order chi connectivity index (χ0) is 18.3. The molecule has 0 unspecified atom stereocenters. The molecule has 0 saturated carbocycles. The molecule has 26 heavy (non-hydrogen) atoms. The molecule has 6 nitrogen and oxygen atoms in total. The molecule has 3 aromatic rings. The summed E-state index contributed by atoms with van der Waals surface area (Å²) in [4.78, 5) is 8.88. The van der Waals surface area contributed by atoms with Crippen molar-refractivity contribution in [2.75, 3.05) is 0 Å². The lowest BCUT2D eigenvalue weighted by molar-refractivity contribution is 0.286. The lowest BCUT2D eigenvalue weighted by atomic mass is 10.0. The van der Waals surface area contributed by atoms with Crippen molar-refractivity contribution in [3.05, 3.63) is 69.1 Å². The van der Waals surface area contributed by atoms with Crippen LogP contribution >= 0.6 is 23.2 Å². The van der Waals surface area contributed by atoms with Gasteiger partial charge < -0.3 is 4.74 Å². The van der Waals surface area contributed by atoms with Gasteiger partial charge in [0, 0.05) is 17.8 Å². The lowest BCUT2D eigenvalue weighted by Crippen LogP contribution is -2.17. The summed E-state index contributed by atoms with van der Waals surface area (Å²) in [5.41, 5.74) is 3.66. The molecule has 0 radical (unpaired) electrons. The number of rotatable bonds is 2. The van der Waals surface area contributed by atoms with E-state index >= 15 is 0 Å². The van der Waals surface area contributed by atoms with Gasteiger partial charge in [0.25, 0.3) is 0 Å². The second-order valence-corrected chi connectivity index (χ2v) is 6.49. The van der Waals surface area contributed by atoms with Crippen molar-refractivity contribution in [2.24, 2.45) is 4.99 Å². The van der Waals surface area contributed by atoms with Crippen LogP contribution in [0.2, 0.25) is 10.2 Å². The SMILES string of the molecule is Cc1cc(C#N)cc2c1N=C(c1cc(Cl)nn1-c1ncccc1Cl)OC2. The van der Waals surface area contributed by atoms with Crippen LogP contribution < -0.4 is 0 Å². The molecule has 0 atom stereocenters. The quantitative estimate of drug-likeness (QED) is 0.658. The predicted molar refractivity (Wildman–Crippen MR) is 98.3 cm³/mol. The van der Waals surface area contributed by atoms with Crippen molar-refractivity contribution in [3.8, 4) is 11.9 Å². The van der Waals surface area contributed by atoms with Crippen LogP contribution in [0.4, 0.5) is 5.69 Å². The van der Waals surface area contributed by atoms with Gasteiger partial charge in [-0.2, -0.15) is 10.4 Å².